The van der Waals surface area contributed by atoms with Crippen LogP contribution in [-0.4, -0.2) is 52.1 Å². The normalized spacial score (nSPS) is 20.7. The minimum atomic E-state index is 0.440. The topological polar surface area (TPSA) is 57.5 Å². The van der Waals surface area contributed by atoms with Gasteiger partial charge in [-0.25, -0.2) is 4.98 Å². The monoisotopic (exact) mass is 368 g/mol. The van der Waals surface area contributed by atoms with E-state index in [9.17, 15) is 0 Å². The van der Waals surface area contributed by atoms with Gasteiger partial charge in [-0.1, -0.05) is 30.3 Å². The number of rotatable bonds is 8. The fourth-order valence-corrected chi connectivity index (χ4v) is 3.62. The van der Waals surface area contributed by atoms with E-state index >= 15 is 0 Å². The third-order valence-electron chi connectivity index (χ3n) is 5.02. The van der Waals surface area contributed by atoms with Crippen LogP contribution in [0.15, 0.2) is 54.0 Å². The van der Waals surface area contributed by atoms with E-state index in [1.807, 2.05) is 18.7 Å². The number of hydrogen-bond donors (Lipinski definition) is 2. The zero-order valence-electron chi connectivity index (χ0n) is 16.5. The first-order valence-corrected chi connectivity index (χ1v) is 10.0. The van der Waals surface area contributed by atoms with Gasteiger partial charge < -0.3 is 15.2 Å². The first-order valence-electron chi connectivity index (χ1n) is 10.0. The number of aromatic nitrogens is 2. The van der Waals surface area contributed by atoms with Gasteiger partial charge in [0.2, 0.25) is 0 Å². The van der Waals surface area contributed by atoms with E-state index in [4.69, 9.17) is 4.99 Å². The van der Waals surface area contributed by atoms with Crippen molar-refractivity contribution in [1.29, 1.82) is 0 Å². The smallest absolute Gasteiger partial charge is 0.191 e. The second-order valence-electron chi connectivity index (χ2n) is 7.26. The maximum Gasteiger partial charge on any atom is 0.191 e. The summed E-state index contributed by atoms with van der Waals surface area (Å²) < 4.78 is 2.09. The van der Waals surface area contributed by atoms with Crippen LogP contribution >= 0.6 is 0 Å². The molecule has 0 saturated carbocycles. The number of aryl methyl sites for hydroxylation is 1. The van der Waals surface area contributed by atoms with Crippen molar-refractivity contribution in [3.8, 4) is 0 Å². The Hall–Kier alpha value is -2.34. The second kappa shape index (κ2) is 10.1. The Balaban J connectivity index is 1.47. The number of aliphatic imine (C=N–C) groups is 1. The van der Waals surface area contributed by atoms with Crippen LogP contribution in [0.4, 0.5) is 0 Å². The molecule has 1 aromatic heterocycles. The Kier molecular flexibility index (Phi) is 7.27. The molecule has 146 valence electrons. The van der Waals surface area contributed by atoms with E-state index in [1.54, 1.807) is 0 Å². The van der Waals surface area contributed by atoms with E-state index in [-0.39, 0.29) is 0 Å². The largest absolute Gasteiger partial charge is 0.357 e. The predicted molar refractivity (Wildman–Crippen MR) is 111 cm³/mol. The molecule has 3 rings (SSSR count). The molecule has 2 heterocycles. The molecule has 1 aromatic carbocycles. The van der Waals surface area contributed by atoms with Gasteiger partial charge in [-0.15, -0.1) is 0 Å². The molecule has 1 saturated heterocycles. The lowest BCUT2D eigenvalue weighted by Crippen LogP contribution is -2.44. The van der Waals surface area contributed by atoms with Crippen LogP contribution in [0.1, 0.15) is 32.3 Å². The number of likely N-dealkylation sites (tertiary alicyclic amines) is 1. The van der Waals surface area contributed by atoms with Crippen LogP contribution in [0.5, 0.6) is 0 Å². The second-order valence-corrected chi connectivity index (χ2v) is 7.26. The highest BCUT2D eigenvalue weighted by atomic mass is 15.3. The maximum atomic E-state index is 4.75. The minimum absolute atomic E-state index is 0.440. The summed E-state index contributed by atoms with van der Waals surface area (Å²) in [5.74, 6) is 0.932. The summed E-state index contributed by atoms with van der Waals surface area (Å²) in [5.41, 5.74) is 1.38. The van der Waals surface area contributed by atoms with E-state index in [0.717, 1.165) is 51.5 Å². The third-order valence-corrected chi connectivity index (χ3v) is 5.02. The Morgan fingerprint density at radius 1 is 1.30 bits per heavy atom. The van der Waals surface area contributed by atoms with Crippen molar-refractivity contribution in [1.82, 2.24) is 25.1 Å². The molecule has 6 nitrogen and oxygen atoms in total. The van der Waals surface area contributed by atoms with Crippen LogP contribution in [0, 0.1) is 0 Å². The van der Waals surface area contributed by atoms with Crippen LogP contribution in [-0.2, 0) is 13.1 Å². The molecular weight excluding hydrogens is 336 g/mol. The number of imidazole rings is 1. The first kappa shape index (κ1) is 19.4. The highest BCUT2D eigenvalue weighted by molar-refractivity contribution is 5.80. The standard InChI is InChI=1S/C21H32N6/c1-3-23-21(24-10-7-12-26-13-11-22-17-26)25-20-14-18(2)27(16-20)15-19-8-5-4-6-9-19/h4-6,8-9,11,13,17-18,20H,3,7,10,12,14-16H2,1-2H3,(H2,23,24,25). The molecule has 2 aromatic rings. The average Bonchev–Trinajstić information content (AvgIpc) is 3.30. The molecule has 0 amide bonds. The molecule has 2 unspecified atom stereocenters. The molecule has 2 N–H and O–H groups in total. The molecule has 0 radical (unpaired) electrons. The van der Waals surface area contributed by atoms with Crippen LogP contribution in [0.2, 0.25) is 0 Å². The van der Waals surface area contributed by atoms with Gasteiger partial charge in [-0.2, -0.15) is 0 Å². The van der Waals surface area contributed by atoms with Gasteiger partial charge in [-0.3, -0.25) is 9.89 Å². The van der Waals surface area contributed by atoms with E-state index in [2.05, 4.69) is 69.3 Å². The number of nitrogens with one attached hydrogen (secondary N) is 2. The van der Waals surface area contributed by atoms with Crippen molar-refractivity contribution >= 4 is 5.96 Å². The zero-order chi connectivity index (χ0) is 18.9. The lowest BCUT2D eigenvalue weighted by molar-refractivity contribution is 0.258. The number of guanidine groups is 1. The van der Waals surface area contributed by atoms with Gasteiger partial charge in [-0.05, 0) is 32.3 Å². The summed E-state index contributed by atoms with van der Waals surface area (Å²) in [6.45, 7) is 9.14. The SMILES string of the molecule is CCNC(=NCCCn1ccnc1)NC1CC(C)N(Cc2ccccc2)C1. The maximum absolute atomic E-state index is 4.75. The van der Waals surface area contributed by atoms with Gasteiger partial charge in [0.1, 0.15) is 0 Å². The summed E-state index contributed by atoms with van der Waals surface area (Å²) in [6.07, 6.45) is 7.82. The molecule has 6 heteroatoms. The number of nitrogens with zero attached hydrogens (tertiary/aromatic N) is 4. The van der Waals surface area contributed by atoms with Crippen LogP contribution in [0.3, 0.4) is 0 Å². The predicted octanol–water partition coefficient (Wildman–Crippen LogP) is 2.49. The number of hydrogen-bond acceptors (Lipinski definition) is 3. The summed E-state index contributed by atoms with van der Waals surface area (Å²) in [5, 5.41) is 7.02. The fourth-order valence-electron chi connectivity index (χ4n) is 3.62. The summed E-state index contributed by atoms with van der Waals surface area (Å²) >= 11 is 0. The molecule has 0 bridgehead atoms. The van der Waals surface area contributed by atoms with E-state index in [1.165, 1.54) is 5.56 Å². The highest BCUT2D eigenvalue weighted by Crippen LogP contribution is 2.20. The summed E-state index contributed by atoms with van der Waals surface area (Å²) in [7, 11) is 0. The zero-order valence-corrected chi connectivity index (χ0v) is 16.5. The van der Waals surface area contributed by atoms with Gasteiger partial charge in [0.05, 0.1) is 6.33 Å². The Bertz CT molecular complexity index is 682. The average molecular weight is 369 g/mol. The summed E-state index contributed by atoms with van der Waals surface area (Å²) in [4.78, 5) is 11.4. The van der Waals surface area contributed by atoms with Gasteiger partial charge in [0, 0.05) is 57.2 Å². The fraction of sp³-hybridized carbons (Fsp3) is 0.524. The third kappa shape index (κ3) is 6.10. The van der Waals surface area contributed by atoms with Crippen molar-refractivity contribution in [2.24, 2.45) is 4.99 Å². The van der Waals surface area contributed by atoms with Crippen LogP contribution < -0.4 is 10.6 Å². The Morgan fingerprint density at radius 3 is 2.89 bits per heavy atom. The minimum Gasteiger partial charge on any atom is -0.357 e. The molecule has 1 aliphatic heterocycles. The van der Waals surface area contributed by atoms with Crippen molar-refractivity contribution in [2.75, 3.05) is 19.6 Å². The van der Waals surface area contributed by atoms with Gasteiger partial charge in [0.25, 0.3) is 0 Å². The molecule has 1 fully saturated rings. The Morgan fingerprint density at radius 2 is 2.15 bits per heavy atom. The summed E-state index contributed by atoms with van der Waals surface area (Å²) in [6, 6.07) is 11.7. The van der Waals surface area contributed by atoms with Gasteiger partial charge >= 0.3 is 0 Å². The van der Waals surface area contributed by atoms with Crippen LogP contribution in [0.25, 0.3) is 0 Å². The van der Waals surface area contributed by atoms with Crippen molar-refractivity contribution in [3.63, 3.8) is 0 Å². The highest BCUT2D eigenvalue weighted by Gasteiger charge is 2.29. The van der Waals surface area contributed by atoms with Crippen molar-refractivity contribution in [2.45, 2.75) is 51.9 Å². The Labute approximate surface area is 162 Å². The lowest BCUT2D eigenvalue weighted by atomic mass is 10.2. The van der Waals surface area contributed by atoms with Gasteiger partial charge in [0.15, 0.2) is 5.96 Å². The van der Waals surface area contributed by atoms with E-state index in [0.29, 0.717) is 12.1 Å². The quantitative estimate of drug-likeness (QED) is 0.427. The molecule has 27 heavy (non-hydrogen) atoms. The molecular formula is C21H32N6. The molecule has 0 aliphatic carbocycles. The molecule has 1 aliphatic rings. The number of benzene rings is 1. The molecule has 2 atom stereocenters. The first-order chi connectivity index (χ1) is 13.2. The van der Waals surface area contributed by atoms with Crippen molar-refractivity contribution in [3.05, 3.63) is 54.6 Å². The lowest BCUT2D eigenvalue weighted by Gasteiger charge is -2.21. The van der Waals surface area contributed by atoms with Crippen molar-refractivity contribution < 1.29 is 0 Å². The van der Waals surface area contributed by atoms with E-state index < -0.39 is 0 Å². The molecule has 0 spiro atoms.